The highest BCUT2D eigenvalue weighted by Crippen LogP contribution is 2.25. The molecule has 4 heteroatoms. The van der Waals surface area contributed by atoms with Gasteiger partial charge in [0.15, 0.2) is 0 Å². The van der Waals surface area contributed by atoms with Crippen LogP contribution in [0, 0.1) is 0 Å². The SMILES string of the molecule is C=C(C)C(=O)OCC(C)c1ccc(-c2ccc(OC(=O)C(=C)C)cc2)cc1. The van der Waals surface area contributed by atoms with Crippen molar-refractivity contribution in [1.82, 2.24) is 0 Å². The Morgan fingerprint density at radius 2 is 1.33 bits per heavy atom. The van der Waals surface area contributed by atoms with Crippen molar-refractivity contribution in [3.8, 4) is 16.9 Å². The van der Waals surface area contributed by atoms with Crippen molar-refractivity contribution < 1.29 is 19.1 Å². The lowest BCUT2D eigenvalue weighted by Gasteiger charge is -2.13. The van der Waals surface area contributed by atoms with Gasteiger partial charge in [0.2, 0.25) is 0 Å². The highest BCUT2D eigenvalue weighted by molar-refractivity contribution is 5.88. The molecule has 4 nitrogen and oxygen atoms in total. The Balaban J connectivity index is 2.02. The molecule has 0 aromatic heterocycles. The zero-order valence-electron chi connectivity index (χ0n) is 16.0. The molecule has 0 N–H and O–H groups in total. The van der Waals surface area contributed by atoms with E-state index in [1.807, 2.05) is 43.3 Å². The second kappa shape index (κ2) is 8.99. The number of ether oxygens (including phenoxy) is 2. The Labute approximate surface area is 160 Å². The molecule has 2 aromatic carbocycles. The van der Waals surface area contributed by atoms with E-state index >= 15 is 0 Å². The number of esters is 2. The van der Waals surface area contributed by atoms with E-state index in [1.165, 1.54) is 0 Å². The smallest absolute Gasteiger partial charge is 0.338 e. The first-order chi connectivity index (χ1) is 12.8. The average molecular weight is 364 g/mol. The maximum Gasteiger partial charge on any atom is 0.338 e. The van der Waals surface area contributed by atoms with Gasteiger partial charge in [-0.25, -0.2) is 9.59 Å². The zero-order valence-corrected chi connectivity index (χ0v) is 16.0. The van der Waals surface area contributed by atoms with E-state index in [4.69, 9.17) is 9.47 Å². The highest BCUT2D eigenvalue weighted by Gasteiger charge is 2.11. The van der Waals surface area contributed by atoms with E-state index < -0.39 is 5.97 Å². The van der Waals surface area contributed by atoms with Crippen molar-refractivity contribution >= 4 is 11.9 Å². The van der Waals surface area contributed by atoms with Crippen LogP contribution in [0.15, 0.2) is 72.8 Å². The molecule has 0 aliphatic rings. The first-order valence-corrected chi connectivity index (χ1v) is 8.68. The standard InChI is InChI=1S/C23H24O4/c1-15(2)22(24)26-14-17(5)18-6-8-19(9-7-18)20-10-12-21(13-11-20)27-23(25)16(3)4/h6-13,17H,1,3,14H2,2,4-5H3. The van der Waals surface area contributed by atoms with E-state index in [-0.39, 0.29) is 11.9 Å². The summed E-state index contributed by atoms with van der Waals surface area (Å²) in [6, 6.07) is 15.4. The molecule has 0 radical (unpaired) electrons. The third kappa shape index (κ3) is 5.68. The molecule has 0 aliphatic heterocycles. The molecule has 0 fully saturated rings. The minimum atomic E-state index is -0.437. The molecule has 27 heavy (non-hydrogen) atoms. The summed E-state index contributed by atoms with van der Waals surface area (Å²) in [5.41, 5.74) is 3.90. The predicted octanol–water partition coefficient (Wildman–Crippen LogP) is 5.06. The lowest BCUT2D eigenvalue weighted by molar-refractivity contribution is -0.139. The van der Waals surface area contributed by atoms with Crippen LogP contribution in [0.1, 0.15) is 32.3 Å². The summed E-state index contributed by atoms with van der Waals surface area (Å²) < 4.78 is 10.4. The molecule has 0 aliphatic carbocycles. The molecule has 0 heterocycles. The van der Waals surface area contributed by atoms with Crippen LogP contribution in [0.2, 0.25) is 0 Å². The normalized spacial score (nSPS) is 11.4. The van der Waals surface area contributed by atoms with Crippen LogP contribution in [0.3, 0.4) is 0 Å². The average Bonchev–Trinajstić information content (AvgIpc) is 2.66. The molecule has 2 aromatic rings. The third-order valence-corrected chi connectivity index (χ3v) is 4.04. The molecule has 0 saturated heterocycles. The van der Waals surface area contributed by atoms with Crippen LogP contribution in [-0.4, -0.2) is 18.5 Å². The van der Waals surface area contributed by atoms with Crippen LogP contribution in [0.4, 0.5) is 0 Å². The summed E-state index contributed by atoms with van der Waals surface area (Å²) in [5, 5.41) is 0. The largest absolute Gasteiger partial charge is 0.462 e. The molecular formula is C23H24O4. The molecule has 140 valence electrons. The van der Waals surface area contributed by atoms with Gasteiger partial charge in [0.1, 0.15) is 5.75 Å². The topological polar surface area (TPSA) is 52.6 Å². The molecule has 0 bridgehead atoms. The van der Waals surface area contributed by atoms with Crippen molar-refractivity contribution in [1.29, 1.82) is 0 Å². The fourth-order valence-electron chi connectivity index (χ4n) is 2.33. The molecule has 2 rings (SSSR count). The monoisotopic (exact) mass is 364 g/mol. The summed E-state index contributed by atoms with van der Waals surface area (Å²) >= 11 is 0. The van der Waals surface area contributed by atoms with Gasteiger partial charge in [-0.3, -0.25) is 0 Å². The fourth-order valence-corrected chi connectivity index (χ4v) is 2.33. The number of rotatable bonds is 7. The lowest BCUT2D eigenvalue weighted by atomic mass is 9.98. The molecule has 1 unspecified atom stereocenters. The Kier molecular flexibility index (Phi) is 6.72. The van der Waals surface area contributed by atoms with Gasteiger partial charge in [0.05, 0.1) is 6.61 Å². The first kappa shape index (κ1) is 20.2. The zero-order chi connectivity index (χ0) is 20.0. The summed E-state index contributed by atoms with van der Waals surface area (Å²) in [6.07, 6.45) is 0. The third-order valence-electron chi connectivity index (χ3n) is 4.04. The van der Waals surface area contributed by atoms with E-state index in [0.717, 1.165) is 16.7 Å². The number of carbonyl (C=O) groups is 2. The number of carbonyl (C=O) groups excluding carboxylic acids is 2. The van der Waals surface area contributed by atoms with Crippen LogP contribution < -0.4 is 4.74 Å². The maximum atomic E-state index is 11.5. The second-order valence-corrected chi connectivity index (χ2v) is 6.60. The Morgan fingerprint density at radius 1 is 0.852 bits per heavy atom. The van der Waals surface area contributed by atoms with Crippen LogP contribution >= 0.6 is 0 Å². The summed E-state index contributed by atoms with van der Waals surface area (Å²) in [7, 11) is 0. The van der Waals surface area contributed by atoms with E-state index in [9.17, 15) is 9.59 Å². The number of hydrogen-bond donors (Lipinski definition) is 0. The number of hydrogen-bond acceptors (Lipinski definition) is 4. The quantitative estimate of drug-likeness (QED) is 0.391. The Bertz CT molecular complexity index is 845. The summed E-state index contributed by atoms with van der Waals surface area (Å²) in [4.78, 5) is 23.0. The molecule has 0 amide bonds. The van der Waals surface area contributed by atoms with Crippen molar-refractivity contribution in [2.24, 2.45) is 0 Å². The summed E-state index contributed by atoms with van der Waals surface area (Å²) in [6.45, 7) is 12.7. The second-order valence-electron chi connectivity index (χ2n) is 6.60. The van der Waals surface area contributed by atoms with Crippen molar-refractivity contribution in [2.75, 3.05) is 6.61 Å². The highest BCUT2D eigenvalue weighted by atomic mass is 16.5. The predicted molar refractivity (Wildman–Crippen MR) is 107 cm³/mol. The maximum absolute atomic E-state index is 11.5. The fraction of sp³-hybridized carbons (Fsp3) is 0.217. The van der Waals surface area contributed by atoms with Gasteiger partial charge in [0, 0.05) is 17.1 Å². The lowest BCUT2D eigenvalue weighted by Crippen LogP contribution is -2.11. The van der Waals surface area contributed by atoms with Crippen LogP contribution in [0.25, 0.3) is 11.1 Å². The Morgan fingerprint density at radius 3 is 1.81 bits per heavy atom. The van der Waals surface area contributed by atoms with E-state index in [1.54, 1.807) is 26.0 Å². The molecular weight excluding hydrogens is 340 g/mol. The Hall–Kier alpha value is -3.14. The van der Waals surface area contributed by atoms with Crippen molar-refractivity contribution in [3.05, 3.63) is 78.4 Å². The van der Waals surface area contributed by atoms with Gasteiger partial charge in [0.25, 0.3) is 0 Å². The molecule has 0 spiro atoms. The first-order valence-electron chi connectivity index (χ1n) is 8.68. The van der Waals surface area contributed by atoms with E-state index in [0.29, 0.717) is 23.5 Å². The van der Waals surface area contributed by atoms with Crippen LogP contribution in [-0.2, 0) is 14.3 Å². The van der Waals surface area contributed by atoms with Gasteiger partial charge in [-0.15, -0.1) is 0 Å². The molecule has 1 atom stereocenters. The van der Waals surface area contributed by atoms with E-state index in [2.05, 4.69) is 13.2 Å². The van der Waals surface area contributed by atoms with Gasteiger partial charge in [-0.05, 0) is 42.7 Å². The van der Waals surface area contributed by atoms with Gasteiger partial charge < -0.3 is 9.47 Å². The minimum absolute atomic E-state index is 0.0891. The summed E-state index contributed by atoms with van der Waals surface area (Å²) in [5.74, 6) is -0.234. The van der Waals surface area contributed by atoms with Gasteiger partial charge in [-0.1, -0.05) is 56.5 Å². The number of benzene rings is 2. The van der Waals surface area contributed by atoms with Crippen molar-refractivity contribution in [3.63, 3.8) is 0 Å². The van der Waals surface area contributed by atoms with Crippen molar-refractivity contribution in [2.45, 2.75) is 26.7 Å². The molecule has 0 saturated carbocycles. The van der Waals surface area contributed by atoms with Crippen LogP contribution in [0.5, 0.6) is 5.75 Å². The van der Waals surface area contributed by atoms with Gasteiger partial charge >= 0.3 is 11.9 Å². The minimum Gasteiger partial charge on any atom is -0.462 e. The van der Waals surface area contributed by atoms with Gasteiger partial charge in [-0.2, -0.15) is 0 Å².